The van der Waals surface area contributed by atoms with Crippen LogP contribution in [0.15, 0.2) is 60.8 Å². The van der Waals surface area contributed by atoms with Crippen molar-refractivity contribution in [2.75, 3.05) is 38.1 Å². The minimum atomic E-state index is -0.211. The summed E-state index contributed by atoms with van der Waals surface area (Å²) in [6.45, 7) is 2.30. The van der Waals surface area contributed by atoms with E-state index in [0.29, 0.717) is 31.7 Å². The number of amides is 2. The Kier molecular flexibility index (Phi) is 4.17. The fourth-order valence-corrected chi connectivity index (χ4v) is 4.64. The number of hydrogen-bond donors (Lipinski definition) is 1. The maximum Gasteiger partial charge on any atom is 0.253 e. The lowest BCUT2D eigenvalue weighted by Crippen LogP contribution is -2.64. The Morgan fingerprint density at radius 2 is 1.90 bits per heavy atom. The summed E-state index contributed by atoms with van der Waals surface area (Å²) in [6, 6.07) is 17.6. The number of fused-ring (bicyclic) bond motifs is 1. The number of rotatable bonds is 2. The minimum absolute atomic E-state index is 0.0570. The topological polar surface area (TPSA) is 59.7 Å². The number of carbonyl (C=O) groups is 2. The molecule has 2 fully saturated rings. The van der Waals surface area contributed by atoms with E-state index in [1.165, 1.54) is 0 Å². The van der Waals surface area contributed by atoms with E-state index in [-0.39, 0.29) is 17.4 Å². The molecule has 2 aliphatic rings. The lowest BCUT2D eigenvalue weighted by molar-refractivity contribution is -0.123. The van der Waals surface area contributed by atoms with Crippen LogP contribution in [0, 0.1) is 0 Å². The molecule has 2 amide bonds. The Morgan fingerprint density at radius 1 is 1.07 bits per heavy atom. The van der Waals surface area contributed by atoms with Crippen LogP contribution in [0.4, 0.5) is 5.69 Å². The van der Waals surface area contributed by atoms with Gasteiger partial charge in [0, 0.05) is 48.0 Å². The van der Waals surface area contributed by atoms with Crippen molar-refractivity contribution >= 4 is 28.4 Å². The van der Waals surface area contributed by atoms with Crippen molar-refractivity contribution in [2.24, 2.45) is 0 Å². The zero-order valence-corrected chi connectivity index (χ0v) is 16.5. The molecule has 6 nitrogen and oxygen atoms in total. The number of hydrogen-bond acceptors (Lipinski definition) is 3. The van der Waals surface area contributed by atoms with E-state index in [9.17, 15) is 9.59 Å². The van der Waals surface area contributed by atoms with E-state index in [1.54, 1.807) is 0 Å². The highest BCUT2D eigenvalue weighted by molar-refractivity contribution is 5.99. The van der Waals surface area contributed by atoms with Crippen molar-refractivity contribution < 1.29 is 9.59 Å². The van der Waals surface area contributed by atoms with Gasteiger partial charge in [0.2, 0.25) is 5.91 Å². The van der Waals surface area contributed by atoms with Crippen LogP contribution in [-0.4, -0.2) is 65.4 Å². The maximum atomic E-state index is 13.2. The molecule has 1 aromatic heterocycles. The minimum Gasteiger partial charge on any atom is -0.361 e. The Hall–Kier alpha value is -3.12. The molecule has 1 spiro atoms. The zero-order chi connectivity index (χ0) is 20.0. The molecule has 0 bridgehead atoms. The van der Waals surface area contributed by atoms with E-state index in [2.05, 4.69) is 9.88 Å². The highest BCUT2D eigenvalue weighted by Gasteiger charge is 2.48. The molecule has 2 aliphatic heterocycles. The predicted octanol–water partition coefficient (Wildman–Crippen LogP) is 2.73. The quantitative estimate of drug-likeness (QED) is 0.734. The Bertz CT molecular complexity index is 1080. The van der Waals surface area contributed by atoms with Crippen LogP contribution in [0.3, 0.4) is 0 Å². The molecule has 2 saturated heterocycles. The van der Waals surface area contributed by atoms with E-state index in [4.69, 9.17) is 0 Å². The van der Waals surface area contributed by atoms with Gasteiger partial charge in [-0.15, -0.1) is 0 Å². The summed E-state index contributed by atoms with van der Waals surface area (Å²) in [4.78, 5) is 35.0. The number of anilines is 1. The van der Waals surface area contributed by atoms with Gasteiger partial charge in [-0.05, 0) is 49.9 Å². The summed E-state index contributed by atoms with van der Waals surface area (Å²) < 4.78 is 0. The van der Waals surface area contributed by atoms with Crippen molar-refractivity contribution in [1.82, 2.24) is 14.8 Å². The Morgan fingerprint density at radius 3 is 2.72 bits per heavy atom. The highest BCUT2D eigenvalue weighted by atomic mass is 16.2. The molecule has 0 saturated carbocycles. The summed E-state index contributed by atoms with van der Waals surface area (Å²) in [7, 11) is 2.00. The number of nitrogens with zero attached hydrogens (tertiary/aromatic N) is 3. The molecule has 29 heavy (non-hydrogen) atoms. The lowest BCUT2D eigenvalue weighted by Gasteiger charge is -2.46. The summed E-state index contributed by atoms with van der Waals surface area (Å²) in [6.07, 6.45) is 2.74. The van der Waals surface area contributed by atoms with Gasteiger partial charge in [-0.1, -0.05) is 18.2 Å². The summed E-state index contributed by atoms with van der Waals surface area (Å²) >= 11 is 0. The number of para-hydroxylation sites is 1. The average molecular weight is 388 g/mol. The number of benzene rings is 2. The molecule has 1 N–H and O–H groups in total. The number of carbonyl (C=O) groups excluding carboxylic acids is 2. The van der Waals surface area contributed by atoms with Gasteiger partial charge < -0.3 is 14.8 Å². The number of aromatic nitrogens is 1. The third-order valence-corrected chi connectivity index (χ3v) is 6.42. The first kappa shape index (κ1) is 17.9. The molecular weight excluding hydrogens is 364 g/mol. The summed E-state index contributed by atoms with van der Waals surface area (Å²) in [5.74, 6) is 0.161. The predicted molar refractivity (Wildman–Crippen MR) is 113 cm³/mol. The molecule has 0 aliphatic carbocycles. The van der Waals surface area contributed by atoms with Crippen LogP contribution in [-0.2, 0) is 4.79 Å². The molecule has 1 atom stereocenters. The van der Waals surface area contributed by atoms with Gasteiger partial charge in [-0.25, -0.2) is 0 Å². The number of nitrogens with one attached hydrogen (secondary N) is 1. The summed E-state index contributed by atoms with van der Waals surface area (Å²) in [5, 5.41) is 1.04. The van der Waals surface area contributed by atoms with Gasteiger partial charge in [0.25, 0.3) is 5.91 Å². The van der Waals surface area contributed by atoms with Gasteiger partial charge in [-0.3, -0.25) is 14.5 Å². The average Bonchev–Trinajstić information content (AvgIpc) is 3.38. The second-order valence-corrected chi connectivity index (χ2v) is 8.15. The third-order valence-electron chi connectivity index (χ3n) is 6.42. The van der Waals surface area contributed by atoms with E-state index < -0.39 is 0 Å². The normalized spacial score (nSPS) is 22.7. The van der Waals surface area contributed by atoms with Crippen LogP contribution in [0.25, 0.3) is 10.9 Å². The molecule has 0 unspecified atom stereocenters. The fourth-order valence-electron chi connectivity index (χ4n) is 4.64. The molecule has 6 heteroatoms. The smallest absolute Gasteiger partial charge is 0.253 e. The number of likely N-dealkylation sites (tertiary alicyclic amines) is 1. The number of H-pyrrole nitrogens is 1. The number of likely N-dealkylation sites (N-methyl/N-ethyl adjacent to an activating group) is 1. The zero-order valence-electron chi connectivity index (χ0n) is 16.5. The van der Waals surface area contributed by atoms with Gasteiger partial charge in [0.1, 0.15) is 0 Å². The van der Waals surface area contributed by atoms with Crippen molar-refractivity contribution in [3.05, 3.63) is 66.4 Å². The fraction of sp³-hybridized carbons (Fsp3) is 0.304. The molecule has 0 radical (unpaired) electrons. The second kappa shape index (κ2) is 6.74. The first-order valence-corrected chi connectivity index (χ1v) is 9.99. The lowest BCUT2D eigenvalue weighted by atomic mass is 9.92. The van der Waals surface area contributed by atoms with Crippen molar-refractivity contribution in [3.8, 4) is 0 Å². The van der Waals surface area contributed by atoms with Crippen LogP contribution < -0.4 is 4.90 Å². The molecule has 2 aromatic carbocycles. The monoisotopic (exact) mass is 388 g/mol. The van der Waals surface area contributed by atoms with Gasteiger partial charge >= 0.3 is 0 Å². The molecule has 148 valence electrons. The first-order valence-electron chi connectivity index (χ1n) is 9.99. The van der Waals surface area contributed by atoms with Crippen LogP contribution in [0.1, 0.15) is 16.8 Å². The highest BCUT2D eigenvalue weighted by Crippen LogP contribution is 2.34. The Labute approximate surface area is 169 Å². The van der Waals surface area contributed by atoms with Crippen molar-refractivity contribution in [2.45, 2.75) is 12.0 Å². The molecular formula is C23H24N4O2. The van der Waals surface area contributed by atoms with Crippen molar-refractivity contribution in [3.63, 3.8) is 0 Å². The number of piperazine rings is 1. The largest absolute Gasteiger partial charge is 0.361 e. The van der Waals surface area contributed by atoms with E-state index >= 15 is 0 Å². The van der Waals surface area contributed by atoms with Gasteiger partial charge in [0.05, 0.1) is 12.1 Å². The SMILES string of the molecule is CN1CC(=O)N(c2ccccc2)C[C@]12CCN(C(=O)c1ccc3[nH]ccc3c1)C2. The molecule has 3 aromatic rings. The third kappa shape index (κ3) is 3.00. The standard InChI is InChI=1S/C23H24N4O2/c1-25-14-21(28)27(19-5-3-2-4-6-19)16-23(25)10-12-26(15-23)22(29)18-7-8-20-17(13-18)9-11-24-20/h2-9,11,13,24H,10,12,14-16H2,1H3/t23-/m1/s1. The van der Waals surface area contributed by atoms with Gasteiger partial charge in [-0.2, -0.15) is 0 Å². The van der Waals surface area contributed by atoms with Gasteiger partial charge in [0.15, 0.2) is 0 Å². The molecule has 5 rings (SSSR count). The van der Waals surface area contributed by atoms with E-state index in [0.717, 1.165) is 23.0 Å². The molecule has 3 heterocycles. The maximum absolute atomic E-state index is 13.2. The Balaban J connectivity index is 1.39. The van der Waals surface area contributed by atoms with E-state index in [1.807, 2.05) is 77.6 Å². The first-order chi connectivity index (χ1) is 14.1. The second-order valence-electron chi connectivity index (χ2n) is 8.15. The number of aromatic amines is 1. The van der Waals surface area contributed by atoms with Crippen LogP contribution >= 0.6 is 0 Å². The summed E-state index contributed by atoms with van der Waals surface area (Å²) in [5.41, 5.74) is 2.46. The van der Waals surface area contributed by atoms with Crippen LogP contribution in [0.2, 0.25) is 0 Å². The van der Waals surface area contributed by atoms with Crippen LogP contribution in [0.5, 0.6) is 0 Å². The van der Waals surface area contributed by atoms with Crippen molar-refractivity contribution in [1.29, 1.82) is 0 Å².